The fraction of sp³-hybridized carbons (Fsp3) is 0.462. The zero-order valence-corrected chi connectivity index (χ0v) is 12.0. The highest BCUT2D eigenvalue weighted by atomic mass is 19.4. The summed E-state index contributed by atoms with van der Waals surface area (Å²) in [6, 6.07) is 2.73. The number of carbonyl (C=O) groups excluding carboxylic acids is 1. The molecule has 24 heavy (non-hydrogen) atoms. The molecule has 0 spiro atoms. The van der Waals surface area contributed by atoms with Gasteiger partial charge in [-0.3, -0.25) is 4.79 Å². The molecule has 0 atom stereocenters. The summed E-state index contributed by atoms with van der Waals surface area (Å²) in [6.45, 7) is 1.25. The van der Waals surface area contributed by atoms with Gasteiger partial charge in [-0.15, -0.1) is 0 Å². The Bertz CT molecular complexity index is 635. The van der Waals surface area contributed by atoms with Gasteiger partial charge in [0.2, 0.25) is 5.78 Å². The van der Waals surface area contributed by atoms with Crippen LogP contribution in [0.4, 0.5) is 39.5 Å². The van der Waals surface area contributed by atoms with E-state index in [0.717, 1.165) is 13.2 Å². The van der Waals surface area contributed by atoms with Gasteiger partial charge in [-0.1, -0.05) is 11.6 Å². The van der Waals surface area contributed by atoms with Crippen LogP contribution in [0.15, 0.2) is 18.2 Å². The first kappa shape index (κ1) is 20.1. The van der Waals surface area contributed by atoms with Crippen molar-refractivity contribution < 1.29 is 49.0 Å². The lowest BCUT2D eigenvalue weighted by molar-refractivity contribution is -0.386. The molecule has 0 heterocycles. The Morgan fingerprint density at radius 1 is 0.917 bits per heavy atom. The molecule has 0 radical (unpaired) electrons. The van der Waals surface area contributed by atoms with E-state index in [1.807, 2.05) is 0 Å². The van der Waals surface area contributed by atoms with Crippen molar-refractivity contribution in [3.8, 4) is 5.75 Å². The molecule has 2 nitrogen and oxygen atoms in total. The van der Waals surface area contributed by atoms with E-state index in [1.54, 1.807) is 0 Å². The van der Waals surface area contributed by atoms with E-state index in [0.29, 0.717) is 6.07 Å². The summed E-state index contributed by atoms with van der Waals surface area (Å²) >= 11 is 0. The van der Waals surface area contributed by atoms with Crippen LogP contribution in [0.25, 0.3) is 0 Å². The van der Waals surface area contributed by atoms with Gasteiger partial charge in [0.1, 0.15) is 5.75 Å². The summed E-state index contributed by atoms with van der Waals surface area (Å²) < 4.78 is 120. The number of alkyl halides is 9. The highest BCUT2D eigenvalue weighted by molar-refractivity contribution is 6.04. The van der Waals surface area contributed by atoms with Gasteiger partial charge in [-0.2, -0.15) is 39.5 Å². The topological polar surface area (TPSA) is 26.3 Å². The smallest absolute Gasteiger partial charge is 0.460 e. The lowest BCUT2D eigenvalue weighted by atomic mass is 9.94. The van der Waals surface area contributed by atoms with Crippen LogP contribution < -0.4 is 4.74 Å². The SMILES string of the molecule is COc1ccc(C)cc1C(=O)C(F)(F)C(F)(F)C(F)(F)C(F)(F)F. The molecule has 0 aliphatic carbocycles. The van der Waals surface area contributed by atoms with Crippen LogP contribution in [0, 0.1) is 6.92 Å². The van der Waals surface area contributed by atoms with E-state index < -0.39 is 41.0 Å². The number of benzene rings is 1. The zero-order valence-electron chi connectivity index (χ0n) is 12.0. The number of halogens is 9. The summed E-state index contributed by atoms with van der Waals surface area (Å²) in [7, 11) is 0.863. The van der Waals surface area contributed by atoms with Crippen LogP contribution in [0.1, 0.15) is 15.9 Å². The van der Waals surface area contributed by atoms with Crippen molar-refractivity contribution in [1.29, 1.82) is 0 Å². The molecule has 0 N–H and O–H groups in total. The first-order valence-corrected chi connectivity index (χ1v) is 6.01. The van der Waals surface area contributed by atoms with E-state index in [2.05, 4.69) is 4.74 Å². The van der Waals surface area contributed by atoms with E-state index in [-0.39, 0.29) is 5.56 Å². The van der Waals surface area contributed by atoms with Crippen molar-refractivity contribution in [2.24, 2.45) is 0 Å². The Kier molecular flexibility index (Phi) is 4.90. The number of ketones is 1. The second-order valence-electron chi connectivity index (χ2n) is 4.75. The molecule has 0 saturated carbocycles. The molecule has 0 unspecified atom stereocenters. The van der Waals surface area contributed by atoms with Crippen molar-refractivity contribution in [2.45, 2.75) is 30.9 Å². The maximum absolute atomic E-state index is 13.6. The molecular weight excluding hydrogens is 359 g/mol. The first-order valence-electron chi connectivity index (χ1n) is 6.01. The van der Waals surface area contributed by atoms with Crippen molar-refractivity contribution in [2.75, 3.05) is 7.11 Å². The normalized spacial score (nSPS) is 13.8. The monoisotopic (exact) mass is 368 g/mol. The van der Waals surface area contributed by atoms with Gasteiger partial charge in [-0.05, 0) is 19.1 Å². The second-order valence-corrected chi connectivity index (χ2v) is 4.75. The maximum Gasteiger partial charge on any atom is 0.460 e. The quantitative estimate of drug-likeness (QED) is 0.559. The highest BCUT2D eigenvalue weighted by Gasteiger charge is 2.83. The fourth-order valence-corrected chi connectivity index (χ4v) is 1.69. The molecule has 0 aromatic heterocycles. The number of hydrogen-bond acceptors (Lipinski definition) is 2. The molecule has 0 saturated heterocycles. The maximum atomic E-state index is 13.6. The third-order valence-corrected chi connectivity index (χ3v) is 3.03. The average molecular weight is 368 g/mol. The number of methoxy groups -OCH3 is 1. The van der Waals surface area contributed by atoms with Crippen LogP contribution >= 0.6 is 0 Å². The van der Waals surface area contributed by atoms with Crippen molar-refractivity contribution in [3.63, 3.8) is 0 Å². The van der Waals surface area contributed by atoms with Crippen LogP contribution in [-0.2, 0) is 0 Å². The van der Waals surface area contributed by atoms with Gasteiger partial charge >= 0.3 is 23.9 Å². The third-order valence-electron chi connectivity index (χ3n) is 3.03. The molecule has 0 fully saturated rings. The number of carbonyl (C=O) groups is 1. The molecule has 0 bridgehead atoms. The van der Waals surface area contributed by atoms with E-state index >= 15 is 0 Å². The highest BCUT2D eigenvalue weighted by Crippen LogP contribution is 2.54. The van der Waals surface area contributed by atoms with Crippen molar-refractivity contribution >= 4 is 5.78 Å². The largest absolute Gasteiger partial charge is 0.496 e. The second kappa shape index (κ2) is 5.85. The summed E-state index contributed by atoms with van der Waals surface area (Å²) in [4.78, 5) is 11.6. The Morgan fingerprint density at radius 2 is 1.42 bits per heavy atom. The zero-order chi connectivity index (χ0) is 19.1. The molecule has 1 aromatic rings. The number of rotatable bonds is 5. The Balaban J connectivity index is 3.49. The van der Waals surface area contributed by atoms with Gasteiger partial charge in [0, 0.05) is 0 Å². The fourth-order valence-electron chi connectivity index (χ4n) is 1.69. The predicted octanol–water partition coefficient (Wildman–Crippen LogP) is 4.65. The summed E-state index contributed by atoms with van der Waals surface area (Å²) in [6.07, 6.45) is -6.99. The first-order chi connectivity index (χ1) is 10.6. The van der Waals surface area contributed by atoms with Gasteiger partial charge in [0.25, 0.3) is 0 Å². The summed E-state index contributed by atoms with van der Waals surface area (Å²) in [5.74, 6) is -24.1. The third kappa shape index (κ3) is 2.91. The average Bonchev–Trinajstić information content (AvgIpc) is 2.44. The minimum absolute atomic E-state index is 0.0841. The number of aryl methyl sites for hydroxylation is 1. The Labute approximate surface area is 129 Å². The number of Topliss-reactive ketones (excluding diaryl/α,β-unsaturated/α-hetero) is 1. The standard InChI is InChI=1S/C13H9F9O2/c1-6-3-4-8(24-2)7(5-6)9(23)10(14,15)11(16,17)12(18,19)13(20,21)22/h3-5H,1-2H3. The lowest BCUT2D eigenvalue weighted by Crippen LogP contribution is -2.63. The molecule has 0 aliphatic rings. The molecule has 136 valence electrons. The van der Waals surface area contributed by atoms with Crippen molar-refractivity contribution in [3.05, 3.63) is 29.3 Å². The van der Waals surface area contributed by atoms with E-state index in [4.69, 9.17) is 0 Å². The molecule has 1 rings (SSSR count). The minimum atomic E-state index is -7.13. The van der Waals surface area contributed by atoms with E-state index in [9.17, 15) is 44.3 Å². The van der Waals surface area contributed by atoms with Crippen LogP contribution in [0.2, 0.25) is 0 Å². The number of hydrogen-bond donors (Lipinski definition) is 0. The van der Waals surface area contributed by atoms with Crippen molar-refractivity contribution in [1.82, 2.24) is 0 Å². The molecule has 0 aliphatic heterocycles. The summed E-state index contributed by atoms with van der Waals surface area (Å²) in [5, 5.41) is 0. The predicted molar refractivity (Wildman–Crippen MR) is 63.0 cm³/mol. The Hall–Kier alpha value is -1.94. The van der Waals surface area contributed by atoms with Gasteiger partial charge in [-0.25, -0.2) is 0 Å². The molecule has 1 aromatic carbocycles. The van der Waals surface area contributed by atoms with Gasteiger partial charge in [0.15, 0.2) is 0 Å². The minimum Gasteiger partial charge on any atom is -0.496 e. The molecule has 11 heteroatoms. The van der Waals surface area contributed by atoms with Crippen LogP contribution in [0.3, 0.4) is 0 Å². The lowest BCUT2D eigenvalue weighted by Gasteiger charge is -2.32. The molecule has 0 amide bonds. The molecular formula is C13H9F9O2. The van der Waals surface area contributed by atoms with Gasteiger partial charge < -0.3 is 4.74 Å². The van der Waals surface area contributed by atoms with E-state index in [1.165, 1.54) is 13.0 Å². The number of ether oxygens (including phenoxy) is 1. The summed E-state index contributed by atoms with van der Waals surface area (Å²) in [5.41, 5.74) is -1.17. The van der Waals surface area contributed by atoms with Crippen LogP contribution in [-0.4, -0.2) is 36.8 Å². The van der Waals surface area contributed by atoms with Crippen LogP contribution in [0.5, 0.6) is 5.75 Å². The Morgan fingerprint density at radius 3 is 1.83 bits per heavy atom. The van der Waals surface area contributed by atoms with Gasteiger partial charge in [0.05, 0.1) is 12.7 Å².